The molecule has 0 aliphatic rings. The van der Waals surface area contributed by atoms with Crippen LogP contribution in [0, 0.1) is 11.3 Å². The number of aliphatic hydroxyl groups is 1. The summed E-state index contributed by atoms with van der Waals surface area (Å²) in [5.41, 5.74) is 5.25. The van der Waals surface area contributed by atoms with Gasteiger partial charge < -0.3 is 5.11 Å². The lowest BCUT2D eigenvalue weighted by Crippen LogP contribution is -2.47. The SMILES string of the molecule is CC(C(C)(C)C)C(N)(O)c1cccc(Cl)c1. The van der Waals surface area contributed by atoms with Crippen molar-refractivity contribution in [3.8, 4) is 0 Å². The third-order valence-corrected chi connectivity index (χ3v) is 3.48. The molecule has 0 bridgehead atoms. The summed E-state index contributed by atoms with van der Waals surface area (Å²) in [4.78, 5) is 0. The lowest BCUT2D eigenvalue weighted by molar-refractivity contribution is -0.0548. The minimum atomic E-state index is -1.36. The van der Waals surface area contributed by atoms with Crippen molar-refractivity contribution in [3.05, 3.63) is 34.9 Å². The Morgan fingerprint density at radius 2 is 1.88 bits per heavy atom. The van der Waals surface area contributed by atoms with Crippen LogP contribution in [-0.4, -0.2) is 5.11 Å². The first-order valence-corrected chi connectivity index (χ1v) is 5.81. The van der Waals surface area contributed by atoms with Gasteiger partial charge in [0.15, 0.2) is 0 Å². The number of nitrogens with two attached hydrogens (primary N) is 1. The number of hydrogen-bond acceptors (Lipinski definition) is 2. The van der Waals surface area contributed by atoms with Gasteiger partial charge in [-0.1, -0.05) is 51.4 Å². The van der Waals surface area contributed by atoms with Gasteiger partial charge in [-0.2, -0.15) is 0 Å². The van der Waals surface area contributed by atoms with Crippen LogP contribution >= 0.6 is 11.6 Å². The molecule has 1 aromatic rings. The molecule has 0 heterocycles. The van der Waals surface area contributed by atoms with Crippen molar-refractivity contribution in [3.63, 3.8) is 0 Å². The fraction of sp³-hybridized carbons (Fsp3) is 0.538. The fourth-order valence-electron chi connectivity index (χ4n) is 1.65. The molecule has 1 rings (SSSR count). The van der Waals surface area contributed by atoms with Gasteiger partial charge >= 0.3 is 0 Å². The summed E-state index contributed by atoms with van der Waals surface area (Å²) in [6.45, 7) is 8.11. The molecule has 2 unspecified atom stereocenters. The van der Waals surface area contributed by atoms with Crippen molar-refractivity contribution in [2.45, 2.75) is 33.4 Å². The van der Waals surface area contributed by atoms with E-state index in [1.54, 1.807) is 24.3 Å². The van der Waals surface area contributed by atoms with Gasteiger partial charge in [0.2, 0.25) is 0 Å². The first-order chi connectivity index (χ1) is 7.15. The molecule has 0 amide bonds. The molecule has 0 spiro atoms. The number of hydrogen-bond donors (Lipinski definition) is 2. The maximum absolute atomic E-state index is 10.4. The van der Waals surface area contributed by atoms with Crippen LogP contribution in [0.5, 0.6) is 0 Å². The van der Waals surface area contributed by atoms with E-state index in [9.17, 15) is 5.11 Å². The Morgan fingerprint density at radius 1 is 1.31 bits per heavy atom. The zero-order valence-corrected chi connectivity index (χ0v) is 11.0. The minimum absolute atomic E-state index is 0.0776. The second kappa shape index (κ2) is 4.36. The zero-order valence-electron chi connectivity index (χ0n) is 10.3. The van der Waals surface area contributed by atoms with Crippen LogP contribution < -0.4 is 5.73 Å². The molecule has 0 saturated carbocycles. The molecule has 90 valence electrons. The first kappa shape index (κ1) is 13.5. The quantitative estimate of drug-likeness (QED) is 0.782. The van der Waals surface area contributed by atoms with Gasteiger partial charge in [0.1, 0.15) is 5.72 Å². The highest BCUT2D eigenvalue weighted by molar-refractivity contribution is 6.30. The maximum Gasteiger partial charge on any atom is 0.142 e. The number of halogens is 1. The van der Waals surface area contributed by atoms with Crippen molar-refractivity contribution in [1.29, 1.82) is 0 Å². The van der Waals surface area contributed by atoms with Crippen molar-refractivity contribution < 1.29 is 5.11 Å². The molecular weight excluding hydrogens is 222 g/mol. The summed E-state index contributed by atoms with van der Waals surface area (Å²) in [5.74, 6) is -0.0848. The summed E-state index contributed by atoms with van der Waals surface area (Å²) in [6.07, 6.45) is 0. The summed E-state index contributed by atoms with van der Waals surface area (Å²) < 4.78 is 0. The maximum atomic E-state index is 10.4. The second-order valence-electron chi connectivity index (χ2n) is 5.42. The Bertz CT molecular complexity index is 368. The van der Waals surface area contributed by atoms with E-state index in [2.05, 4.69) is 20.8 Å². The fourth-order valence-corrected chi connectivity index (χ4v) is 1.84. The molecule has 0 radical (unpaired) electrons. The van der Waals surface area contributed by atoms with E-state index in [1.807, 2.05) is 6.92 Å². The highest BCUT2D eigenvalue weighted by atomic mass is 35.5. The van der Waals surface area contributed by atoms with Gasteiger partial charge in [0.05, 0.1) is 0 Å². The molecule has 0 saturated heterocycles. The topological polar surface area (TPSA) is 46.2 Å². The molecule has 16 heavy (non-hydrogen) atoms. The lowest BCUT2D eigenvalue weighted by atomic mass is 9.73. The predicted molar refractivity (Wildman–Crippen MR) is 68.2 cm³/mol. The smallest absolute Gasteiger partial charge is 0.142 e. The Balaban J connectivity index is 3.11. The van der Waals surface area contributed by atoms with E-state index < -0.39 is 5.72 Å². The van der Waals surface area contributed by atoms with E-state index in [0.29, 0.717) is 10.6 Å². The predicted octanol–water partition coefficient (Wildman–Crippen LogP) is 3.13. The molecule has 0 aromatic heterocycles. The molecule has 3 heteroatoms. The van der Waals surface area contributed by atoms with Gasteiger partial charge in [-0.3, -0.25) is 5.73 Å². The van der Waals surface area contributed by atoms with Gasteiger partial charge in [0.25, 0.3) is 0 Å². The molecule has 3 N–H and O–H groups in total. The van der Waals surface area contributed by atoms with Crippen LogP contribution in [0.1, 0.15) is 33.3 Å². The molecule has 0 fully saturated rings. The van der Waals surface area contributed by atoms with Crippen molar-refractivity contribution >= 4 is 11.6 Å². The largest absolute Gasteiger partial charge is 0.371 e. The summed E-state index contributed by atoms with van der Waals surface area (Å²) in [5, 5.41) is 11.0. The van der Waals surface area contributed by atoms with E-state index in [1.165, 1.54) is 0 Å². The Labute approximate surface area is 102 Å². The second-order valence-corrected chi connectivity index (χ2v) is 5.86. The minimum Gasteiger partial charge on any atom is -0.371 e. The van der Waals surface area contributed by atoms with E-state index in [-0.39, 0.29) is 11.3 Å². The highest BCUT2D eigenvalue weighted by Crippen LogP contribution is 2.37. The molecule has 2 atom stereocenters. The number of benzene rings is 1. The Morgan fingerprint density at radius 3 is 2.31 bits per heavy atom. The van der Waals surface area contributed by atoms with E-state index >= 15 is 0 Å². The van der Waals surface area contributed by atoms with Crippen LogP contribution in [0.3, 0.4) is 0 Å². The van der Waals surface area contributed by atoms with Crippen LogP contribution in [-0.2, 0) is 5.72 Å². The summed E-state index contributed by atoms with van der Waals surface area (Å²) in [6, 6.07) is 7.08. The van der Waals surface area contributed by atoms with Gasteiger partial charge in [-0.25, -0.2) is 0 Å². The van der Waals surface area contributed by atoms with Crippen molar-refractivity contribution in [2.75, 3.05) is 0 Å². The number of rotatable bonds is 2. The lowest BCUT2D eigenvalue weighted by Gasteiger charge is -2.39. The molecule has 0 aliphatic carbocycles. The molecular formula is C13H20ClNO. The standard InChI is InChI=1S/C13H20ClNO/c1-9(12(2,3)4)13(15,16)10-6-5-7-11(14)8-10/h5-9,16H,15H2,1-4H3. The Hall–Kier alpha value is -0.570. The van der Waals surface area contributed by atoms with E-state index in [0.717, 1.165) is 0 Å². The first-order valence-electron chi connectivity index (χ1n) is 5.43. The molecule has 2 nitrogen and oxygen atoms in total. The van der Waals surface area contributed by atoms with Gasteiger partial charge in [-0.15, -0.1) is 0 Å². The van der Waals surface area contributed by atoms with Crippen LogP contribution in [0.4, 0.5) is 0 Å². The third kappa shape index (κ3) is 2.76. The summed E-state index contributed by atoms with van der Waals surface area (Å²) >= 11 is 5.90. The van der Waals surface area contributed by atoms with E-state index in [4.69, 9.17) is 17.3 Å². The van der Waals surface area contributed by atoms with Crippen molar-refractivity contribution in [2.24, 2.45) is 17.1 Å². The van der Waals surface area contributed by atoms with Crippen molar-refractivity contribution in [1.82, 2.24) is 0 Å². The van der Waals surface area contributed by atoms with Crippen LogP contribution in [0.15, 0.2) is 24.3 Å². The van der Waals surface area contributed by atoms with Gasteiger partial charge in [0, 0.05) is 10.9 Å². The van der Waals surface area contributed by atoms with Crippen LogP contribution in [0.2, 0.25) is 5.02 Å². The van der Waals surface area contributed by atoms with Crippen LogP contribution in [0.25, 0.3) is 0 Å². The zero-order chi connectivity index (χ0) is 12.6. The third-order valence-electron chi connectivity index (χ3n) is 3.25. The highest BCUT2D eigenvalue weighted by Gasteiger charge is 2.38. The normalized spacial score (nSPS) is 17.9. The molecule has 0 aliphatic heterocycles. The average Bonchev–Trinajstić information content (AvgIpc) is 2.15. The Kier molecular flexibility index (Phi) is 3.68. The average molecular weight is 242 g/mol. The molecule has 1 aromatic carbocycles. The summed E-state index contributed by atoms with van der Waals surface area (Å²) in [7, 11) is 0. The monoisotopic (exact) mass is 241 g/mol. The van der Waals surface area contributed by atoms with Gasteiger partial charge in [-0.05, 0) is 23.1 Å².